The zero-order chi connectivity index (χ0) is 17.6. The first-order valence-corrected chi connectivity index (χ1v) is 9.23. The van der Waals surface area contributed by atoms with Crippen LogP contribution < -0.4 is 14.2 Å². The largest absolute Gasteiger partial charge is 0.423 e. The van der Waals surface area contributed by atoms with E-state index < -0.39 is 0 Å². The summed E-state index contributed by atoms with van der Waals surface area (Å²) in [6.45, 7) is 8.72. The van der Waals surface area contributed by atoms with Gasteiger partial charge in [0.1, 0.15) is 12.3 Å². The number of esters is 1. The number of nitrogens with one attached hydrogen (secondary N) is 1. The van der Waals surface area contributed by atoms with Crippen molar-refractivity contribution >= 4 is 5.97 Å². The molecule has 4 heteroatoms. The lowest BCUT2D eigenvalue weighted by atomic mass is 10.1. The first-order valence-electron chi connectivity index (χ1n) is 9.23. The molecule has 1 aromatic heterocycles. The number of carbonyl (C=O) groups excluding carboxylic acids is 1. The van der Waals surface area contributed by atoms with Crippen LogP contribution in [0.3, 0.4) is 0 Å². The highest BCUT2D eigenvalue weighted by atomic mass is 16.5. The third-order valence-corrected chi connectivity index (χ3v) is 4.82. The fourth-order valence-corrected chi connectivity index (χ4v) is 3.49. The summed E-state index contributed by atoms with van der Waals surface area (Å²) >= 11 is 0. The van der Waals surface area contributed by atoms with E-state index in [0.29, 0.717) is 11.3 Å². The van der Waals surface area contributed by atoms with Gasteiger partial charge in [-0.25, -0.2) is 4.79 Å². The van der Waals surface area contributed by atoms with Gasteiger partial charge in [0.15, 0.2) is 18.9 Å². The monoisotopic (exact) mass is 340 g/mol. The van der Waals surface area contributed by atoms with Crippen LogP contribution in [0.4, 0.5) is 0 Å². The lowest BCUT2D eigenvalue weighted by Crippen LogP contribution is -3.13. The molecule has 2 heterocycles. The van der Waals surface area contributed by atoms with Gasteiger partial charge in [0.25, 0.3) is 0 Å². The minimum Gasteiger partial charge on any atom is -0.423 e. The van der Waals surface area contributed by atoms with Crippen LogP contribution in [0, 0.1) is 13.8 Å². The highest BCUT2D eigenvalue weighted by Crippen LogP contribution is 2.17. The number of nitrogens with zero attached hydrogens (tertiary/aromatic N) is 1. The van der Waals surface area contributed by atoms with E-state index in [0.717, 1.165) is 24.2 Å². The molecule has 0 unspecified atom stereocenters. The molecule has 1 fully saturated rings. The Morgan fingerprint density at radius 2 is 1.68 bits per heavy atom. The number of likely N-dealkylation sites (tertiary alicyclic amines) is 1. The van der Waals surface area contributed by atoms with E-state index in [4.69, 9.17) is 4.74 Å². The average Bonchev–Trinajstić information content (AvgIpc) is 2.60. The lowest BCUT2D eigenvalue weighted by Gasteiger charge is -2.22. The SMILES string of the molecule is Cc1cc(C)cc(OC(=O)c2cc[n+](CC[NH+]3CCCCC3)cc2)c1. The molecule has 1 aliphatic heterocycles. The van der Waals surface area contributed by atoms with Gasteiger partial charge in [-0.3, -0.25) is 0 Å². The van der Waals surface area contributed by atoms with E-state index >= 15 is 0 Å². The fourth-order valence-electron chi connectivity index (χ4n) is 3.49. The summed E-state index contributed by atoms with van der Waals surface area (Å²) in [7, 11) is 0. The Labute approximate surface area is 150 Å². The van der Waals surface area contributed by atoms with E-state index in [2.05, 4.69) is 10.6 Å². The number of aryl methyl sites for hydroxylation is 2. The van der Waals surface area contributed by atoms with Crippen molar-refractivity contribution in [3.63, 3.8) is 0 Å². The van der Waals surface area contributed by atoms with E-state index in [1.54, 1.807) is 4.90 Å². The fraction of sp³-hybridized carbons (Fsp3) is 0.429. The first kappa shape index (κ1) is 17.6. The molecule has 132 valence electrons. The van der Waals surface area contributed by atoms with Gasteiger partial charge in [-0.1, -0.05) is 6.07 Å². The Hall–Kier alpha value is -2.20. The minimum absolute atomic E-state index is 0.307. The number of carbonyl (C=O) groups is 1. The van der Waals surface area contributed by atoms with E-state index in [1.165, 1.54) is 32.4 Å². The molecular formula is C21H28N2O2+2. The number of hydrogen-bond acceptors (Lipinski definition) is 2. The lowest BCUT2D eigenvalue weighted by molar-refractivity contribution is -0.923. The van der Waals surface area contributed by atoms with Crippen LogP contribution in [0.15, 0.2) is 42.7 Å². The summed E-state index contributed by atoms with van der Waals surface area (Å²) in [5, 5.41) is 0. The number of aromatic nitrogens is 1. The molecule has 0 bridgehead atoms. The summed E-state index contributed by atoms with van der Waals surface area (Å²) < 4.78 is 7.65. The Balaban J connectivity index is 1.56. The highest BCUT2D eigenvalue weighted by molar-refractivity contribution is 5.90. The van der Waals surface area contributed by atoms with Crippen molar-refractivity contribution in [2.24, 2.45) is 0 Å². The van der Waals surface area contributed by atoms with Gasteiger partial charge in [0.2, 0.25) is 0 Å². The van der Waals surface area contributed by atoms with E-state index in [-0.39, 0.29) is 5.97 Å². The maximum absolute atomic E-state index is 12.3. The van der Waals surface area contributed by atoms with Gasteiger partial charge in [-0.2, -0.15) is 4.57 Å². The molecule has 0 amide bonds. The van der Waals surface area contributed by atoms with Crippen LogP contribution in [0.1, 0.15) is 40.7 Å². The summed E-state index contributed by atoms with van der Waals surface area (Å²) in [5.74, 6) is 0.298. The first-order chi connectivity index (χ1) is 12.1. The van der Waals surface area contributed by atoms with Crippen molar-refractivity contribution in [1.82, 2.24) is 0 Å². The van der Waals surface area contributed by atoms with Crippen molar-refractivity contribution in [3.8, 4) is 5.75 Å². The zero-order valence-corrected chi connectivity index (χ0v) is 15.3. The van der Waals surface area contributed by atoms with Crippen LogP contribution in [0.2, 0.25) is 0 Å². The normalized spacial score (nSPS) is 15.1. The Morgan fingerprint density at radius 1 is 1.04 bits per heavy atom. The molecule has 2 aromatic rings. The molecule has 0 saturated carbocycles. The molecule has 0 atom stereocenters. The number of benzene rings is 1. The van der Waals surface area contributed by atoms with Gasteiger partial charge in [-0.15, -0.1) is 0 Å². The van der Waals surface area contributed by atoms with Crippen molar-refractivity contribution in [2.75, 3.05) is 19.6 Å². The smallest absolute Gasteiger partial charge is 0.343 e. The van der Waals surface area contributed by atoms with Gasteiger partial charge >= 0.3 is 5.97 Å². The number of quaternary nitrogens is 1. The second kappa shape index (κ2) is 8.26. The third kappa shape index (κ3) is 5.13. The third-order valence-electron chi connectivity index (χ3n) is 4.82. The Kier molecular flexibility index (Phi) is 5.82. The maximum Gasteiger partial charge on any atom is 0.343 e. The molecule has 4 nitrogen and oxygen atoms in total. The van der Waals surface area contributed by atoms with Gasteiger partial charge < -0.3 is 9.64 Å². The van der Waals surface area contributed by atoms with Crippen molar-refractivity contribution in [2.45, 2.75) is 39.7 Å². The number of rotatable bonds is 5. The molecule has 25 heavy (non-hydrogen) atoms. The molecule has 1 aromatic carbocycles. The molecular weight excluding hydrogens is 312 g/mol. The molecule has 0 spiro atoms. The predicted molar refractivity (Wildman–Crippen MR) is 96.9 cm³/mol. The molecule has 3 rings (SSSR count). The van der Waals surface area contributed by atoms with Gasteiger partial charge in [0.05, 0.1) is 18.7 Å². The minimum atomic E-state index is -0.307. The second-order valence-electron chi connectivity index (χ2n) is 7.10. The standard InChI is InChI=1S/C21H27N2O2/c1-17-14-18(2)16-20(15-17)25-21(24)19-6-10-23(11-7-19)13-12-22-8-4-3-5-9-22/h6-7,10-11,14-16H,3-5,8-9,12-13H2,1-2H3/q+1/p+1. The molecule has 1 aliphatic rings. The number of hydrogen-bond donors (Lipinski definition) is 1. The topological polar surface area (TPSA) is 34.6 Å². The van der Waals surface area contributed by atoms with Crippen molar-refractivity contribution in [3.05, 3.63) is 59.4 Å². The summed E-state index contributed by atoms with van der Waals surface area (Å²) in [6.07, 6.45) is 8.03. The van der Waals surface area contributed by atoms with Crippen LogP contribution in [0.25, 0.3) is 0 Å². The summed E-state index contributed by atoms with van der Waals surface area (Å²) in [4.78, 5) is 14.0. The zero-order valence-electron chi connectivity index (χ0n) is 15.3. The molecule has 0 aliphatic carbocycles. The second-order valence-corrected chi connectivity index (χ2v) is 7.10. The van der Waals surface area contributed by atoms with Gasteiger partial charge in [0, 0.05) is 12.1 Å². The highest BCUT2D eigenvalue weighted by Gasteiger charge is 2.16. The molecule has 1 N–H and O–H groups in total. The van der Waals surface area contributed by atoms with Crippen LogP contribution in [-0.2, 0) is 6.54 Å². The quantitative estimate of drug-likeness (QED) is 0.512. The average molecular weight is 340 g/mol. The molecule has 1 saturated heterocycles. The summed E-state index contributed by atoms with van der Waals surface area (Å²) in [6, 6.07) is 9.52. The summed E-state index contributed by atoms with van der Waals surface area (Å²) in [5.41, 5.74) is 2.77. The number of ether oxygens (including phenoxy) is 1. The Bertz CT molecular complexity index is 699. The van der Waals surface area contributed by atoms with Crippen LogP contribution >= 0.6 is 0 Å². The number of pyridine rings is 1. The maximum atomic E-state index is 12.3. The number of piperidine rings is 1. The van der Waals surface area contributed by atoms with Crippen LogP contribution in [-0.4, -0.2) is 25.6 Å². The van der Waals surface area contributed by atoms with Crippen molar-refractivity contribution in [1.29, 1.82) is 0 Å². The van der Waals surface area contributed by atoms with Gasteiger partial charge in [-0.05, 0) is 56.4 Å². The molecule has 0 radical (unpaired) electrons. The predicted octanol–water partition coefficient (Wildman–Crippen LogP) is 1.88. The van der Waals surface area contributed by atoms with E-state index in [1.807, 2.05) is 50.5 Å². The van der Waals surface area contributed by atoms with Crippen LogP contribution in [0.5, 0.6) is 5.75 Å². The van der Waals surface area contributed by atoms with E-state index in [9.17, 15) is 4.79 Å². The Morgan fingerprint density at radius 3 is 2.32 bits per heavy atom. The van der Waals surface area contributed by atoms with Crippen molar-refractivity contribution < 1.29 is 19.0 Å².